The molecule has 2 aromatic rings. The second-order valence-electron chi connectivity index (χ2n) is 3.40. The zero-order valence-corrected chi connectivity index (χ0v) is 11.3. The number of thiazole rings is 1. The molecule has 0 saturated carbocycles. The Morgan fingerprint density at radius 3 is 2.61 bits per heavy atom. The summed E-state index contributed by atoms with van der Waals surface area (Å²) in [5, 5.41) is 14.6. The largest absolute Gasteiger partial charge is 0.476 e. The molecule has 7 heteroatoms. The molecule has 2 N–H and O–H groups in total. The highest BCUT2D eigenvalue weighted by Gasteiger charge is 2.10. The lowest BCUT2D eigenvalue weighted by molar-refractivity contribution is 0.0696. The van der Waals surface area contributed by atoms with Crippen LogP contribution in [0.15, 0.2) is 23.6 Å². The summed E-state index contributed by atoms with van der Waals surface area (Å²) >= 11 is 13.1. The third kappa shape index (κ3) is 2.93. The zero-order chi connectivity index (χ0) is 13.1. The molecule has 0 unspecified atom stereocenters. The van der Waals surface area contributed by atoms with Crippen LogP contribution in [0, 0.1) is 0 Å². The van der Waals surface area contributed by atoms with Crippen LogP contribution in [0.2, 0.25) is 10.0 Å². The molecule has 1 aromatic heterocycles. The van der Waals surface area contributed by atoms with Crippen LogP contribution in [0.25, 0.3) is 0 Å². The molecule has 0 fully saturated rings. The first-order valence-electron chi connectivity index (χ1n) is 4.93. The van der Waals surface area contributed by atoms with E-state index >= 15 is 0 Å². The number of aromatic nitrogens is 1. The first-order valence-corrected chi connectivity index (χ1v) is 6.57. The van der Waals surface area contributed by atoms with Crippen molar-refractivity contribution in [3.05, 3.63) is 44.3 Å². The van der Waals surface area contributed by atoms with Crippen molar-refractivity contribution in [2.24, 2.45) is 0 Å². The summed E-state index contributed by atoms with van der Waals surface area (Å²) in [5.74, 6) is -1.03. The third-order valence-corrected chi connectivity index (χ3v) is 3.65. The van der Waals surface area contributed by atoms with Gasteiger partial charge in [0.1, 0.15) is 0 Å². The molecule has 0 aliphatic rings. The number of carbonyl (C=O) groups is 1. The number of para-hydroxylation sites is 1. The van der Waals surface area contributed by atoms with E-state index in [4.69, 9.17) is 28.3 Å². The Hall–Kier alpha value is -1.30. The van der Waals surface area contributed by atoms with Gasteiger partial charge in [0, 0.05) is 5.38 Å². The average Bonchev–Trinajstić information content (AvgIpc) is 2.77. The van der Waals surface area contributed by atoms with Gasteiger partial charge >= 0.3 is 5.97 Å². The highest BCUT2D eigenvalue weighted by Crippen LogP contribution is 2.30. The maximum Gasteiger partial charge on any atom is 0.365 e. The van der Waals surface area contributed by atoms with E-state index in [1.165, 1.54) is 0 Å². The van der Waals surface area contributed by atoms with Crippen LogP contribution in [0.3, 0.4) is 0 Å². The second kappa shape index (κ2) is 5.56. The van der Waals surface area contributed by atoms with E-state index in [-0.39, 0.29) is 5.01 Å². The Morgan fingerprint density at radius 1 is 1.39 bits per heavy atom. The minimum atomic E-state index is -1.03. The van der Waals surface area contributed by atoms with Gasteiger partial charge in [-0.25, -0.2) is 9.78 Å². The lowest BCUT2D eigenvalue weighted by Crippen LogP contribution is -2.02. The number of aromatic carboxylic acids is 1. The second-order valence-corrected chi connectivity index (χ2v) is 5.07. The summed E-state index contributed by atoms with van der Waals surface area (Å²) in [6, 6.07) is 5.19. The third-order valence-electron chi connectivity index (χ3n) is 2.14. The number of halogens is 2. The number of carboxylic acids is 1. The highest BCUT2D eigenvalue weighted by atomic mass is 35.5. The smallest absolute Gasteiger partial charge is 0.365 e. The number of hydrogen-bond donors (Lipinski definition) is 2. The first kappa shape index (κ1) is 13.1. The van der Waals surface area contributed by atoms with Gasteiger partial charge in [0.25, 0.3) is 0 Å². The first-order chi connectivity index (χ1) is 8.58. The molecular formula is C11H8Cl2N2O2S. The van der Waals surface area contributed by atoms with Crippen LogP contribution in [-0.4, -0.2) is 16.1 Å². The summed E-state index contributed by atoms with van der Waals surface area (Å²) in [5.41, 5.74) is 1.25. The number of rotatable bonds is 4. The molecule has 0 aliphatic carbocycles. The number of carboxylic acid groups (broad SMARTS) is 1. The zero-order valence-electron chi connectivity index (χ0n) is 8.98. The Balaban J connectivity index is 2.09. The fourth-order valence-corrected chi connectivity index (χ4v) is 2.52. The van der Waals surface area contributed by atoms with Crippen molar-refractivity contribution in [1.29, 1.82) is 0 Å². The van der Waals surface area contributed by atoms with Crippen LogP contribution < -0.4 is 5.32 Å². The van der Waals surface area contributed by atoms with Gasteiger partial charge < -0.3 is 10.4 Å². The van der Waals surface area contributed by atoms with Gasteiger partial charge in [0.15, 0.2) is 0 Å². The van der Waals surface area contributed by atoms with Crippen molar-refractivity contribution in [3.63, 3.8) is 0 Å². The molecule has 94 valence electrons. The monoisotopic (exact) mass is 302 g/mol. The summed E-state index contributed by atoms with van der Waals surface area (Å²) in [4.78, 5) is 14.6. The summed E-state index contributed by atoms with van der Waals surface area (Å²) in [7, 11) is 0. The van der Waals surface area contributed by atoms with E-state index in [1.807, 2.05) is 0 Å². The Bertz CT molecular complexity index is 566. The minimum Gasteiger partial charge on any atom is -0.476 e. The van der Waals surface area contributed by atoms with E-state index in [0.29, 0.717) is 28.0 Å². The fraction of sp³-hybridized carbons (Fsp3) is 0.0909. The van der Waals surface area contributed by atoms with Crippen molar-refractivity contribution < 1.29 is 9.90 Å². The predicted molar refractivity (Wildman–Crippen MR) is 72.9 cm³/mol. The Morgan fingerprint density at radius 2 is 2.06 bits per heavy atom. The normalized spacial score (nSPS) is 10.3. The average molecular weight is 303 g/mol. The molecule has 18 heavy (non-hydrogen) atoms. The predicted octanol–water partition coefficient (Wildman–Crippen LogP) is 3.76. The summed E-state index contributed by atoms with van der Waals surface area (Å²) in [6.45, 7) is 0.368. The standard InChI is InChI=1S/C11H8Cl2N2O2S/c12-7-2-1-3-8(13)9(7)14-4-6-5-18-10(15-6)11(16)17/h1-3,5,14H,4H2,(H,16,17). The van der Waals surface area contributed by atoms with Crippen LogP contribution in [-0.2, 0) is 6.54 Å². The molecule has 1 aromatic carbocycles. The van der Waals surface area contributed by atoms with Crippen LogP contribution in [0.5, 0.6) is 0 Å². The van der Waals surface area contributed by atoms with Crippen molar-refractivity contribution in [2.75, 3.05) is 5.32 Å². The topological polar surface area (TPSA) is 62.2 Å². The van der Waals surface area contributed by atoms with Gasteiger partial charge in [0.05, 0.1) is 28.0 Å². The number of benzene rings is 1. The summed E-state index contributed by atoms with van der Waals surface area (Å²) in [6.07, 6.45) is 0. The maximum absolute atomic E-state index is 10.7. The Labute approximate surface area is 117 Å². The molecule has 0 atom stereocenters. The molecular weight excluding hydrogens is 295 g/mol. The van der Waals surface area contributed by atoms with E-state index in [1.54, 1.807) is 23.6 Å². The maximum atomic E-state index is 10.7. The lowest BCUT2D eigenvalue weighted by Gasteiger charge is -2.08. The van der Waals surface area contributed by atoms with Crippen LogP contribution in [0.1, 0.15) is 15.5 Å². The van der Waals surface area contributed by atoms with Crippen molar-refractivity contribution in [2.45, 2.75) is 6.54 Å². The molecule has 0 spiro atoms. The molecule has 1 heterocycles. The van der Waals surface area contributed by atoms with Gasteiger partial charge in [-0.15, -0.1) is 11.3 Å². The van der Waals surface area contributed by atoms with Gasteiger partial charge in [0.2, 0.25) is 5.01 Å². The molecule has 2 rings (SSSR count). The molecule has 0 saturated heterocycles. The summed E-state index contributed by atoms with van der Waals surface area (Å²) < 4.78 is 0. The molecule has 4 nitrogen and oxygen atoms in total. The number of anilines is 1. The van der Waals surface area contributed by atoms with E-state index in [2.05, 4.69) is 10.3 Å². The molecule has 0 radical (unpaired) electrons. The number of hydrogen-bond acceptors (Lipinski definition) is 4. The SMILES string of the molecule is O=C(O)c1nc(CNc2c(Cl)cccc2Cl)cs1. The molecule has 0 bridgehead atoms. The number of nitrogens with zero attached hydrogens (tertiary/aromatic N) is 1. The van der Waals surface area contributed by atoms with E-state index in [9.17, 15) is 4.79 Å². The van der Waals surface area contributed by atoms with Crippen molar-refractivity contribution >= 4 is 46.2 Å². The van der Waals surface area contributed by atoms with Crippen LogP contribution >= 0.6 is 34.5 Å². The molecule has 0 aliphatic heterocycles. The van der Waals surface area contributed by atoms with Gasteiger partial charge in [-0.05, 0) is 12.1 Å². The fourth-order valence-electron chi connectivity index (χ4n) is 1.33. The van der Waals surface area contributed by atoms with Crippen molar-refractivity contribution in [1.82, 2.24) is 4.98 Å². The highest BCUT2D eigenvalue weighted by molar-refractivity contribution is 7.11. The van der Waals surface area contributed by atoms with E-state index < -0.39 is 5.97 Å². The van der Waals surface area contributed by atoms with Gasteiger partial charge in [-0.1, -0.05) is 29.3 Å². The quantitative estimate of drug-likeness (QED) is 0.902. The number of nitrogens with one attached hydrogen (secondary N) is 1. The van der Waals surface area contributed by atoms with Crippen molar-refractivity contribution in [3.8, 4) is 0 Å². The Kier molecular flexibility index (Phi) is 4.06. The van der Waals surface area contributed by atoms with E-state index in [0.717, 1.165) is 11.3 Å². The van der Waals surface area contributed by atoms with Crippen LogP contribution in [0.4, 0.5) is 5.69 Å². The molecule has 0 amide bonds. The minimum absolute atomic E-state index is 0.0667. The lowest BCUT2D eigenvalue weighted by atomic mass is 10.3. The van der Waals surface area contributed by atoms with Gasteiger partial charge in [-0.3, -0.25) is 0 Å². The van der Waals surface area contributed by atoms with Gasteiger partial charge in [-0.2, -0.15) is 0 Å².